The van der Waals surface area contributed by atoms with Gasteiger partial charge in [0.2, 0.25) is 0 Å². The summed E-state index contributed by atoms with van der Waals surface area (Å²) in [5.41, 5.74) is 6.58. The van der Waals surface area contributed by atoms with Gasteiger partial charge in [-0.2, -0.15) is 0 Å². The molecule has 1 atom stereocenters. The number of anilines is 1. The molecule has 0 fully saturated rings. The Labute approximate surface area is 95.5 Å². The fourth-order valence-electron chi connectivity index (χ4n) is 1.43. The number of aliphatic hydroxyl groups excluding tert-OH is 1. The largest absolute Gasteiger partial charge is 0.394 e. The molecule has 1 rings (SSSR count). The molecule has 0 aliphatic heterocycles. The van der Waals surface area contributed by atoms with Gasteiger partial charge in [0.25, 0.3) is 0 Å². The first-order valence-electron chi connectivity index (χ1n) is 5.44. The second-order valence-corrected chi connectivity index (χ2v) is 4.20. The first-order chi connectivity index (χ1) is 7.58. The van der Waals surface area contributed by atoms with Crippen LogP contribution in [0.25, 0.3) is 0 Å². The summed E-state index contributed by atoms with van der Waals surface area (Å²) in [6.45, 7) is 4.25. The molecule has 3 nitrogen and oxygen atoms in total. The highest BCUT2D eigenvalue weighted by Gasteiger charge is 2.13. The van der Waals surface area contributed by atoms with Gasteiger partial charge in [0.05, 0.1) is 18.3 Å². The minimum atomic E-state index is -0.331. The number of hydrogen-bond donors (Lipinski definition) is 3. The predicted molar refractivity (Wildman–Crippen MR) is 63.6 cm³/mol. The Hall–Kier alpha value is -1.13. The van der Waals surface area contributed by atoms with Crippen LogP contribution in [0.1, 0.15) is 19.4 Å². The Morgan fingerprint density at radius 1 is 1.44 bits per heavy atom. The average molecular weight is 226 g/mol. The molecule has 4 N–H and O–H groups in total. The third-order valence-corrected chi connectivity index (χ3v) is 2.61. The second kappa shape index (κ2) is 5.82. The van der Waals surface area contributed by atoms with E-state index in [0.29, 0.717) is 12.2 Å². The fraction of sp³-hybridized carbons (Fsp3) is 0.500. The summed E-state index contributed by atoms with van der Waals surface area (Å²) in [5.74, 6) is -0.0966. The molecule has 1 aromatic carbocycles. The standard InChI is InChI=1S/C12H19FN2O/c1-8(2)12(7-16)15-11-4-3-9(6-14)5-10(11)13/h3-5,8,12,15-16H,6-7,14H2,1-2H3/t12-/m1/s1. The molecule has 0 aliphatic carbocycles. The fourth-order valence-corrected chi connectivity index (χ4v) is 1.43. The number of aliphatic hydroxyl groups is 1. The van der Waals surface area contributed by atoms with E-state index in [-0.39, 0.29) is 24.4 Å². The van der Waals surface area contributed by atoms with E-state index < -0.39 is 0 Å². The van der Waals surface area contributed by atoms with E-state index in [0.717, 1.165) is 5.56 Å². The molecule has 90 valence electrons. The van der Waals surface area contributed by atoms with Crippen LogP contribution in [0.3, 0.4) is 0 Å². The molecule has 0 aromatic heterocycles. The Kier molecular flexibility index (Phi) is 4.71. The van der Waals surface area contributed by atoms with Crippen molar-refractivity contribution in [3.05, 3.63) is 29.6 Å². The highest BCUT2D eigenvalue weighted by molar-refractivity contribution is 5.47. The molecule has 0 amide bonds. The summed E-state index contributed by atoms with van der Waals surface area (Å²) in [6, 6.07) is 4.71. The number of nitrogens with one attached hydrogen (secondary N) is 1. The zero-order chi connectivity index (χ0) is 12.1. The molecule has 0 spiro atoms. The Balaban J connectivity index is 2.80. The minimum absolute atomic E-state index is 0.0181. The lowest BCUT2D eigenvalue weighted by Gasteiger charge is -2.21. The van der Waals surface area contributed by atoms with Crippen LogP contribution in [0.4, 0.5) is 10.1 Å². The highest BCUT2D eigenvalue weighted by Crippen LogP contribution is 2.18. The highest BCUT2D eigenvalue weighted by atomic mass is 19.1. The second-order valence-electron chi connectivity index (χ2n) is 4.20. The van der Waals surface area contributed by atoms with E-state index in [1.165, 1.54) is 6.07 Å². The zero-order valence-electron chi connectivity index (χ0n) is 9.70. The number of hydrogen-bond acceptors (Lipinski definition) is 3. The van der Waals surface area contributed by atoms with E-state index in [2.05, 4.69) is 5.32 Å². The van der Waals surface area contributed by atoms with E-state index in [1.807, 2.05) is 13.8 Å². The summed E-state index contributed by atoms with van der Waals surface area (Å²) < 4.78 is 13.6. The van der Waals surface area contributed by atoms with Crippen LogP contribution in [0.2, 0.25) is 0 Å². The van der Waals surface area contributed by atoms with Gasteiger partial charge in [0.15, 0.2) is 0 Å². The molecule has 0 aliphatic rings. The van der Waals surface area contributed by atoms with Crippen molar-refractivity contribution in [2.24, 2.45) is 11.7 Å². The minimum Gasteiger partial charge on any atom is -0.394 e. The van der Waals surface area contributed by atoms with Gasteiger partial charge in [-0.15, -0.1) is 0 Å². The molecular weight excluding hydrogens is 207 g/mol. The summed E-state index contributed by atoms with van der Waals surface area (Å²) in [5, 5.41) is 12.1. The Morgan fingerprint density at radius 3 is 2.56 bits per heavy atom. The first-order valence-corrected chi connectivity index (χ1v) is 5.44. The quantitative estimate of drug-likeness (QED) is 0.716. The van der Waals surface area contributed by atoms with Gasteiger partial charge in [0, 0.05) is 6.54 Å². The van der Waals surface area contributed by atoms with Crippen LogP contribution >= 0.6 is 0 Å². The zero-order valence-corrected chi connectivity index (χ0v) is 9.70. The summed E-state index contributed by atoms with van der Waals surface area (Å²) in [6.07, 6.45) is 0. The molecule has 0 saturated carbocycles. The number of rotatable bonds is 5. The predicted octanol–water partition coefficient (Wildman–Crippen LogP) is 1.71. The van der Waals surface area contributed by atoms with E-state index >= 15 is 0 Å². The van der Waals surface area contributed by atoms with Crippen molar-refractivity contribution >= 4 is 5.69 Å². The average Bonchev–Trinajstić information content (AvgIpc) is 2.26. The Morgan fingerprint density at radius 2 is 2.12 bits per heavy atom. The third kappa shape index (κ3) is 3.18. The molecule has 0 saturated heterocycles. The van der Waals surface area contributed by atoms with Gasteiger partial charge in [0.1, 0.15) is 5.82 Å². The monoisotopic (exact) mass is 226 g/mol. The first kappa shape index (κ1) is 12.9. The van der Waals surface area contributed by atoms with Crippen LogP contribution in [0, 0.1) is 11.7 Å². The van der Waals surface area contributed by atoms with Crippen LogP contribution in [-0.4, -0.2) is 17.8 Å². The lowest BCUT2D eigenvalue weighted by molar-refractivity contribution is 0.249. The summed E-state index contributed by atoms with van der Waals surface area (Å²) in [7, 11) is 0. The van der Waals surface area contributed by atoms with Crippen LogP contribution < -0.4 is 11.1 Å². The van der Waals surface area contributed by atoms with Crippen molar-refractivity contribution in [3.8, 4) is 0 Å². The molecule has 4 heteroatoms. The number of benzene rings is 1. The van der Waals surface area contributed by atoms with E-state index in [9.17, 15) is 4.39 Å². The molecule has 0 heterocycles. The van der Waals surface area contributed by atoms with Gasteiger partial charge in [-0.05, 0) is 23.6 Å². The molecular formula is C12H19FN2O. The van der Waals surface area contributed by atoms with E-state index in [4.69, 9.17) is 10.8 Å². The van der Waals surface area contributed by atoms with Crippen LogP contribution in [0.5, 0.6) is 0 Å². The summed E-state index contributed by atoms with van der Waals surface area (Å²) in [4.78, 5) is 0. The Bertz CT molecular complexity index is 342. The maximum atomic E-state index is 13.6. The third-order valence-electron chi connectivity index (χ3n) is 2.61. The van der Waals surface area contributed by atoms with Crippen LogP contribution in [-0.2, 0) is 6.54 Å². The SMILES string of the molecule is CC(C)[C@@H](CO)Nc1ccc(CN)cc1F. The van der Waals surface area contributed by atoms with Crippen molar-refractivity contribution in [1.82, 2.24) is 0 Å². The lowest BCUT2D eigenvalue weighted by Crippen LogP contribution is -2.29. The maximum Gasteiger partial charge on any atom is 0.146 e. The van der Waals surface area contributed by atoms with Gasteiger partial charge in [-0.1, -0.05) is 19.9 Å². The van der Waals surface area contributed by atoms with Gasteiger partial charge < -0.3 is 16.2 Å². The van der Waals surface area contributed by atoms with E-state index in [1.54, 1.807) is 12.1 Å². The number of nitrogens with two attached hydrogens (primary N) is 1. The van der Waals surface area contributed by atoms with Crippen molar-refractivity contribution in [1.29, 1.82) is 0 Å². The maximum absolute atomic E-state index is 13.6. The van der Waals surface area contributed by atoms with Gasteiger partial charge >= 0.3 is 0 Å². The summed E-state index contributed by atoms with van der Waals surface area (Å²) >= 11 is 0. The van der Waals surface area contributed by atoms with Crippen molar-refractivity contribution < 1.29 is 9.50 Å². The van der Waals surface area contributed by atoms with Gasteiger partial charge in [-0.25, -0.2) is 4.39 Å². The van der Waals surface area contributed by atoms with Crippen molar-refractivity contribution in [3.63, 3.8) is 0 Å². The van der Waals surface area contributed by atoms with Crippen molar-refractivity contribution in [2.45, 2.75) is 26.4 Å². The smallest absolute Gasteiger partial charge is 0.146 e. The topological polar surface area (TPSA) is 58.3 Å². The van der Waals surface area contributed by atoms with Crippen LogP contribution in [0.15, 0.2) is 18.2 Å². The number of halogens is 1. The lowest BCUT2D eigenvalue weighted by atomic mass is 10.0. The molecule has 16 heavy (non-hydrogen) atoms. The van der Waals surface area contributed by atoms with Crippen molar-refractivity contribution in [2.75, 3.05) is 11.9 Å². The normalized spacial score (nSPS) is 12.9. The molecule has 0 unspecified atom stereocenters. The molecule has 0 radical (unpaired) electrons. The molecule has 1 aromatic rings. The molecule has 0 bridgehead atoms. The van der Waals surface area contributed by atoms with Gasteiger partial charge in [-0.3, -0.25) is 0 Å².